The first kappa shape index (κ1) is 14.6. The van der Waals surface area contributed by atoms with Gasteiger partial charge in [-0.05, 0) is 24.5 Å². The maximum atomic E-state index is 5.90. The molecule has 1 fully saturated rings. The Bertz CT molecular complexity index is 830. The summed E-state index contributed by atoms with van der Waals surface area (Å²) in [5.41, 5.74) is 3.59. The van der Waals surface area contributed by atoms with Crippen LogP contribution in [0.5, 0.6) is 0 Å². The number of rotatable bonds is 3. The normalized spacial score (nSPS) is 18.4. The lowest BCUT2D eigenvalue weighted by Crippen LogP contribution is -2.33. The van der Waals surface area contributed by atoms with Crippen LogP contribution in [0.4, 0.5) is 0 Å². The Morgan fingerprint density at radius 2 is 2.30 bits per heavy atom. The molecular formula is C15H16N6OS. The van der Waals surface area contributed by atoms with Gasteiger partial charge in [-0.25, -0.2) is 9.97 Å². The molecule has 3 aromatic heterocycles. The number of fused-ring (bicyclic) bond motifs is 1. The van der Waals surface area contributed by atoms with Crippen molar-refractivity contribution in [2.24, 2.45) is 0 Å². The van der Waals surface area contributed by atoms with Gasteiger partial charge in [0.25, 0.3) is 0 Å². The Morgan fingerprint density at radius 3 is 3.13 bits per heavy atom. The fourth-order valence-corrected chi connectivity index (χ4v) is 3.07. The average Bonchev–Trinajstić information content (AvgIpc) is 3.02. The van der Waals surface area contributed by atoms with Crippen molar-refractivity contribution < 1.29 is 4.74 Å². The number of ether oxygens (including phenoxy) is 1. The van der Waals surface area contributed by atoms with Crippen LogP contribution in [0.25, 0.3) is 16.8 Å². The highest BCUT2D eigenvalue weighted by molar-refractivity contribution is 7.98. The van der Waals surface area contributed by atoms with E-state index in [2.05, 4.69) is 25.5 Å². The predicted molar refractivity (Wildman–Crippen MR) is 87.4 cm³/mol. The van der Waals surface area contributed by atoms with Crippen LogP contribution in [-0.4, -0.2) is 50.7 Å². The summed E-state index contributed by atoms with van der Waals surface area (Å²) < 4.78 is 7.54. The molecule has 1 unspecified atom stereocenters. The molecule has 1 saturated heterocycles. The Hall–Kier alpha value is -2.03. The zero-order valence-corrected chi connectivity index (χ0v) is 13.5. The van der Waals surface area contributed by atoms with E-state index in [0.717, 1.165) is 40.7 Å². The quantitative estimate of drug-likeness (QED) is 0.577. The van der Waals surface area contributed by atoms with E-state index in [9.17, 15) is 0 Å². The molecule has 1 aliphatic rings. The van der Waals surface area contributed by atoms with Crippen LogP contribution in [0.3, 0.4) is 0 Å². The molecule has 1 atom stereocenters. The van der Waals surface area contributed by atoms with Crippen LogP contribution < -0.4 is 5.32 Å². The van der Waals surface area contributed by atoms with Gasteiger partial charge in [0.15, 0.2) is 5.16 Å². The Balaban J connectivity index is 1.91. The number of thioether (sulfide) groups is 1. The largest absolute Gasteiger partial charge is 0.369 e. The molecule has 8 heteroatoms. The van der Waals surface area contributed by atoms with Crippen molar-refractivity contribution in [1.29, 1.82) is 0 Å². The van der Waals surface area contributed by atoms with Crippen molar-refractivity contribution in [3.05, 3.63) is 36.3 Å². The third kappa shape index (κ3) is 2.69. The summed E-state index contributed by atoms with van der Waals surface area (Å²) in [6.07, 6.45) is 5.36. The zero-order chi connectivity index (χ0) is 15.6. The lowest BCUT2D eigenvalue weighted by Gasteiger charge is -2.22. The fourth-order valence-electron chi connectivity index (χ4n) is 2.72. The topological polar surface area (TPSA) is 77.2 Å². The summed E-state index contributed by atoms with van der Waals surface area (Å²) in [6, 6.07) is 5.81. The fraction of sp³-hybridized carbons (Fsp3) is 0.333. The highest BCUT2D eigenvalue weighted by Gasteiger charge is 2.26. The van der Waals surface area contributed by atoms with Gasteiger partial charge in [-0.1, -0.05) is 11.8 Å². The van der Waals surface area contributed by atoms with E-state index in [4.69, 9.17) is 4.74 Å². The van der Waals surface area contributed by atoms with E-state index in [1.165, 1.54) is 11.8 Å². The van der Waals surface area contributed by atoms with Gasteiger partial charge in [-0.15, -0.1) is 0 Å². The van der Waals surface area contributed by atoms with Crippen LogP contribution in [0.2, 0.25) is 0 Å². The highest BCUT2D eigenvalue weighted by atomic mass is 32.2. The highest BCUT2D eigenvalue weighted by Crippen LogP contribution is 2.32. The molecule has 0 bridgehead atoms. The molecule has 3 aromatic rings. The van der Waals surface area contributed by atoms with Crippen LogP contribution in [0.15, 0.2) is 35.7 Å². The van der Waals surface area contributed by atoms with Crippen LogP contribution in [0, 0.1) is 0 Å². The van der Waals surface area contributed by atoms with Gasteiger partial charge >= 0.3 is 0 Å². The van der Waals surface area contributed by atoms with Crippen molar-refractivity contribution in [2.45, 2.75) is 11.3 Å². The molecule has 1 aliphatic heterocycles. The van der Waals surface area contributed by atoms with Gasteiger partial charge in [0, 0.05) is 25.5 Å². The molecule has 7 nitrogen and oxygen atoms in total. The standard InChI is InChI=1S/C15H16N6OS/c1-23-15-17-6-4-10(19-15)13-11-3-2-5-18-21(11)20-14(13)12-9-16-7-8-22-12/h2-6,12,16H,7-9H2,1H3. The average molecular weight is 328 g/mol. The minimum atomic E-state index is -0.104. The van der Waals surface area contributed by atoms with E-state index in [-0.39, 0.29) is 6.10 Å². The van der Waals surface area contributed by atoms with Crippen LogP contribution in [0.1, 0.15) is 11.8 Å². The first-order valence-electron chi connectivity index (χ1n) is 7.40. The van der Waals surface area contributed by atoms with E-state index in [1.807, 2.05) is 24.5 Å². The third-order valence-electron chi connectivity index (χ3n) is 3.75. The summed E-state index contributed by atoms with van der Waals surface area (Å²) in [5.74, 6) is 0. The molecule has 0 radical (unpaired) electrons. The molecular weight excluding hydrogens is 312 g/mol. The molecule has 0 aromatic carbocycles. The first-order valence-corrected chi connectivity index (χ1v) is 8.63. The summed E-state index contributed by atoms with van der Waals surface area (Å²) in [5, 5.41) is 13.0. The van der Waals surface area contributed by atoms with E-state index in [1.54, 1.807) is 17.0 Å². The van der Waals surface area contributed by atoms with Crippen molar-refractivity contribution in [2.75, 3.05) is 26.0 Å². The predicted octanol–water partition coefficient (Wildman–Crippen LogP) is 1.57. The number of morpholine rings is 1. The van der Waals surface area contributed by atoms with E-state index < -0.39 is 0 Å². The van der Waals surface area contributed by atoms with Crippen LogP contribution in [-0.2, 0) is 4.74 Å². The van der Waals surface area contributed by atoms with Crippen molar-refractivity contribution >= 4 is 17.3 Å². The van der Waals surface area contributed by atoms with Gasteiger partial charge in [-0.3, -0.25) is 0 Å². The van der Waals surface area contributed by atoms with Crippen molar-refractivity contribution in [3.63, 3.8) is 0 Å². The molecule has 4 heterocycles. The number of nitrogens with one attached hydrogen (secondary N) is 1. The van der Waals surface area contributed by atoms with Gasteiger partial charge in [-0.2, -0.15) is 14.8 Å². The number of hydrogen-bond donors (Lipinski definition) is 1. The molecule has 1 N–H and O–H groups in total. The second-order valence-electron chi connectivity index (χ2n) is 5.15. The van der Waals surface area contributed by atoms with Crippen molar-refractivity contribution in [3.8, 4) is 11.3 Å². The third-order valence-corrected chi connectivity index (χ3v) is 4.31. The Morgan fingerprint density at radius 1 is 1.35 bits per heavy atom. The van der Waals surface area contributed by atoms with E-state index >= 15 is 0 Å². The monoisotopic (exact) mass is 328 g/mol. The lowest BCUT2D eigenvalue weighted by atomic mass is 10.1. The van der Waals surface area contributed by atoms with Crippen LogP contribution >= 0.6 is 11.8 Å². The molecule has 0 aliphatic carbocycles. The Kier molecular flexibility index (Phi) is 3.94. The molecule has 23 heavy (non-hydrogen) atoms. The van der Waals surface area contributed by atoms with E-state index in [0.29, 0.717) is 6.61 Å². The second kappa shape index (κ2) is 6.23. The zero-order valence-electron chi connectivity index (χ0n) is 12.6. The van der Waals surface area contributed by atoms with Gasteiger partial charge in [0.1, 0.15) is 11.8 Å². The smallest absolute Gasteiger partial charge is 0.187 e. The number of aromatic nitrogens is 5. The summed E-state index contributed by atoms with van der Waals surface area (Å²) in [4.78, 5) is 8.89. The van der Waals surface area contributed by atoms with Gasteiger partial charge in [0.2, 0.25) is 0 Å². The molecule has 0 amide bonds. The number of hydrogen-bond acceptors (Lipinski definition) is 7. The first-order chi connectivity index (χ1) is 11.4. The van der Waals surface area contributed by atoms with Gasteiger partial charge in [0.05, 0.1) is 23.4 Å². The minimum absolute atomic E-state index is 0.104. The lowest BCUT2D eigenvalue weighted by molar-refractivity contribution is 0.0251. The Labute approximate surface area is 137 Å². The number of nitrogens with zero attached hydrogens (tertiary/aromatic N) is 5. The maximum Gasteiger partial charge on any atom is 0.187 e. The minimum Gasteiger partial charge on any atom is -0.369 e. The summed E-state index contributed by atoms with van der Waals surface area (Å²) >= 11 is 1.52. The molecule has 0 saturated carbocycles. The van der Waals surface area contributed by atoms with Gasteiger partial charge < -0.3 is 10.1 Å². The molecule has 0 spiro atoms. The maximum absolute atomic E-state index is 5.90. The summed E-state index contributed by atoms with van der Waals surface area (Å²) in [7, 11) is 0. The summed E-state index contributed by atoms with van der Waals surface area (Å²) in [6.45, 7) is 2.27. The van der Waals surface area contributed by atoms with Crippen molar-refractivity contribution in [1.82, 2.24) is 30.1 Å². The molecule has 118 valence electrons. The molecule has 4 rings (SSSR count). The second-order valence-corrected chi connectivity index (χ2v) is 5.92. The SMILES string of the molecule is CSc1nccc(-c2c(C3CNCCO3)nn3ncccc23)n1.